The van der Waals surface area contributed by atoms with Gasteiger partial charge in [-0.2, -0.15) is 0 Å². The molecule has 5 heteroatoms. The van der Waals surface area contributed by atoms with Crippen molar-refractivity contribution in [2.45, 2.75) is 12.5 Å². The van der Waals surface area contributed by atoms with Crippen molar-refractivity contribution >= 4 is 15.9 Å². The van der Waals surface area contributed by atoms with Gasteiger partial charge in [0.25, 0.3) is 0 Å². The molecule has 2 aromatic rings. The Labute approximate surface area is 114 Å². The van der Waals surface area contributed by atoms with Gasteiger partial charge in [0, 0.05) is 17.0 Å². The monoisotopic (exact) mass is 308 g/mol. The first-order valence-electron chi connectivity index (χ1n) is 5.47. The number of ether oxygens (including phenoxy) is 1. The van der Waals surface area contributed by atoms with Crippen molar-refractivity contribution in [3.05, 3.63) is 52.4 Å². The minimum Gasteiger partial charge on any atom is -0.481 e. The molecule has 0 aliphatic carbocycles. The smallest absolute Gasteiger partial charge is 0.216 e. The topological polar surface area (TPSA) is 55.2 Å². The van der Waals surface area contributed by atoms with Crippen LogP contribution in [0, 0.1) is 0 Å². The van der Waals surface area contributed by atoms with Gasteiger partial charge < -0.3 is 9.84 Å². The molecule has 94 valence electrons. The summed E-state index contributed by atoms with van der Waals surface area (Å²) >= 11 is 3.38. The van der Waals surface area contributed by atoms with Gasteiger partial charge in [0.15, 0.2) is 0 Å². The Hall–Kier alpha value is -1.46. The maximum Gasteiger partial charge on any atom is 0.216 e. The Balaban J connectivity index is 2.11. The lowest BCUT2D eigenvalue weighted by molar-refractivity contribution is 0.172. The Morgan fingerprint density at radius 1 is 1.28 bits per heavy atom. The zero-order valence-corrected chi connectivity index (χ0v) is 11.5. The van der Waals surface area contributed by atoms with Crippen LogP contribution >= 0.6 is 15.9 Å². The van der Waals surface area contributed by atoms with Gasteiger partial charge in [0.2, 0.25) is 5.88 Å². The van der Waals surface area contributed by atoms with Crippen LogP contribution in [0.3, 0.4) is 0 Å². The fourth-order valence-electron chi connectivity index (χ4n) is 1.60. The van der Waals surface area contributed by atoms with Gasteiger partial charge in [0.1, 0.15) is 12.4 Å². The molecule has 1 N–H and O–H groups in total. The second kappa shape index (κ2) is 5.93. The molecule has 0 saturated carbocycles. The average Bonchev–Trinajstić information content (AvgIpc) is 2.41. The Morgan fingerprint density at radius 3 is 2.67 bits per heavy atom. The van der Waals surface area contributed by atoms with Crippen LogP contribution in [-0.4, -0.2) is 22.2 Å². The number of aliphatic hydroxyl groups excluding tert-OH is 1. The number of hydrogen-bond acceptors (Lipinski definition) is 4. The number of methoxy groups -OCH3 is 1. The van der Waals surface area contributed by atoms with Crippen LogP contribution in [-0.2, 0) is 6.42 Å². The molecular weight excluding hydrogens is 296 g/mol. The number of aliphatic hydroxyl groups is 1. The fraction of sp³-hybridized carbons (Fsp3) is 0.231. The minimum absolute atomic E-state index is 0.454. The first kappa shape index (κ1) is 13.0. The van der Waals surface area contributed by atoms with Crippen LogP contribution in [0.1, 0.15) is 17.4 Å². The quantitative estimate of drug-likeness (QED) is 0.943. The molecule has 18 heavy (non-hydrogen) atoms. The molecular formula is C13H13BrN2O2. The van der Waals surface area contributed by atoms with Gasteiger partial charge in [-0.3, -0.25) is 0 Å². The molecule has 1 atom stereocenters. The van der Waals surface area contributed by atoms with E-state index in [4.69, 9.17) is 4.74 Å². The van der Waals surface area contributed by atoms with Gasteiger partial charge in [-0.05, 0) is 17.7 Å². The maximum atomic E-state index is 10.1. The summed E-state index contributed by atoms with van der Waals surface area (Å²) in [6, 6.07) is 9.46. The first-order valence-corrected chi connectivity index (χ1v) is 6.27. The average molecular weight is 309 g/mol. The Kier molecular flexibility index (Phi) is 4.28. The van der Waals surface area contributed by atoms with Gasteiger partial charge >= 0.3 is 0 Å². The predicted octanol–water partition coefficient (Wildman–Crippen LogP) is 2.52. The molecule has 1 aromatic heterocycles. The van der Waals surface area contributed by atoms with Crippen molar-refractivity contribution in [1.29, 1.82) is 0 Å². The second-order valence-electron chi connectivity index (χ2n) is 3.83. The van der Waals surface area contributed by atoms with Gasteiger partial charge in [-0.15, -0.1) is 0 Å². The zero-order valence-electron chi connectivity index (χ0n) is 9.88. The van der Waals surface area contributed by atoms with E-state index in [1.807, 2.05) is 24.3 Å². The van der Waals surface area contributed by atoms with Crippen LogP contribution in [0.5, 0.6) is 5.88 Å². The summed E-state index contributed by atoms with van der Waals surface area (Å²) in [7, 11) is 1.53. The molecule has 0 fully saturated rings. The molecule has 0 radical (unpaired) electrons. The zero-order chi connectivity index (χ0) is 13.0. The van der Waals surface area contributed by atoms with Crippen LogP contribution in [0.15, 0.2) is 41.1 Å². The summed E-state index contributed by atoms with van der Waals surface area (Å²) in [5.41, 5.74) is 1.60. The van der Waals surface area contributed by atoms with Crippen molar-refractivity contribution in [2.75, 3.05) is 7.11 Å². The normalized spacial score (nSPS) is 12.2. The largest absolute Gasteiger partial charge is 0.481 e. The summed E-state index contributed by atoms with van der Waals surface area (Å²) < 4.78 is 6.02. The van der Waals surface area contributed by atoms with E-state index >= 15 is 0 Å². The molecule has 0 saturated heterocycles. The van der Waals surface area contributed by atoms with Crippen LogP contribution in [0.25, 0.3) is 0 Å². The SMILES string of the molecule is COc1cc(C(O)Cc2ccc(Br)cc2)ncn1. The summed E-state index contributed by atoms with van der Waals surface area (Å²) in [6.45, 7) is 0. The third-order valence-corrected chi connectivity index (χ3v) is 3.08. The molecule has 1 unspecified atom stereocenters. The molecule has 1 heterocycles. The predicted molar refractivity (Wildman–Crippen MR) is 71.4 cm³/mol. The summed E-state index contributed by atoms with van der Waals surface area (Å²) in [5.74, 6) is 0.454. The Bertz CT molecular complexity index is 517. The summed E-state index contributed by atoms with van der Waals surface area (Å²) in [6.07, 6.45) is 1.23. The van der Waals surface area contributed by atoms with Crippen LogP contribution < -0.4 is 4.74 Å². The van der Waals surface area contributed by atoms with E-state index in [-0.39, 0.29) is 0 Å². The van der Waals surface area contributed by atoms with E-state index < -0.39 is 6.10 Å². The summed E-state index contributed by atoms with van der Waals surface area (Å²) in [5, 5.41) is 10.1. The van der Waals surface area contributed by atoms with Crippen molar-refractivity contribution in [3.63, 3.8) is 0 Å². The first-order chi connectivity index (χ1) is 8.69. The van der Waals surface area contributed by atoms with Crippen molar-refractivity contribution in [1.82, 2.24) is 9.97 Å². The van der Waals surface area contributed by atoms with Gasteiger partial charge in [0.05, 0.1) is 12.8 Å². The van der Waals surface area contributed by atoms with E-state index in [0.717, 1.165) is 10.0 Å². The highest BCUT2D eigenvalue weighted by molar-refractivity contribution is 9.10. The van der Waals surface area contributed by atoms with Crippen molar-refractivity contribution < 1.29 is 9.84 Å². The van der Waals surface area contributed by atoms with Crippen molar-refractivity contribution in [2.24, 2.45) is 0 Å². The standard InChI is InChI=1S/C13H13BrN2O2/c1-18-13-7-11(15-8-16-13)12(17)6-9-2-4-10(14)5-3-9/h2-5,7-8,12,17H,6H2,1H3. The van der Waals surface area contributed by atoms with Gasteiger partial charge in [-0.25, -0.2) is 9.97 Å². The third-order valence-electron chi connectivity index (χ3n) is 2.56. The number of halogens is 1. The fourth-order valence-corrected chi connectivity index (χ4v) is 1.86. The number of aromatic nitrogens is 2. The highest BCUT2D eigenvalue weighted by Crippen LogP contribution is 2.20. The lowest BCUT2D eigenvalue weighted by atomic mass is 10.1. The summed E-state index contributed by atoms with van der Waals surface area (Å²) in [4.78, 5) is 7.96. The van der Waals surface area contributed by atoms with E-state index in [0.29, 0.717) is 18.0 Å². The van der Waals surface area contributed by atoms with E-state index in [1.54, 1.807) is 6.07 Å². The Morgan fingerprint density at radius 2 is 2.00 bits per heavy atom. The maximum absolute atomic E-state index is 10.1. The number of benzene rings is 1. The highest BCUT2D eigenvalue weighted by Gasteiger charge is 2.11. The lowest BCUT2D eigenvalue weighted by Gasteiger charge is -2.10. The lowest BCUT2D eigenvalue weighted by Crippen LogP contribution is -2.05. The minimum atomic E-state index is -0.664. The van der Waals surface area contributed by atoms with Crippen LogP contribution in [0.2, 0.25) is 0 Å². The van der Waals surface area contributed by atoms with E-state index in [1.165, 1.54) is 13.4 Å². The van der Waals surface area contributed by atoms with Crippen LogP contribution in [0.4, 0.5) is 0 Å². The molecule has 1 aromatic carbocycles. The molecule has 0 spiro atoms. The highest BCUT2D eigenvalue weighted by atomic mass is 79.9. The number of rotatable bonds is 4. The number of hydrogen-bond donors (Lipinski definition) is 1. The molecule has 0 aliphatic rings. The number of nitrogens with zero attached hydrogens (tertiary/aromatic N) is 2. The second-order valence-corrected chi connectivity index (χ2v) is 4.75. The van der Waals surface area contributed by atoms with E-state index in [9.17, 15) is 5.11 Å². The molecule has 2 rings (SSSR count). The van der Waals surface area contributed by atoms with Gasteiger partial charge in [-0.1, -0.05) is 28.1 Å². The molecule has 0 bridgehead atoms. The molecule has 0 amide bonds. The molecule has 0 aliphatic heterocycles. The van der Waals surface area contributed by atoms with Crippen molar-refractivity contribution in [3.8, 4) is 5.88 Å². The molecule has 4 nitrogen and oxygen atoms in total. The third kappa shape index (κ3) is 3.27. The van der Waals surface area contributed by atoms with E-state index in [2.05, 4.69) is 25.9 Å².